The molecule has 0 unspecified atom stereocenters. The van der Waals surface area contributed by atoms with Crippen molar-refractivity contribution in [1.29, 1.82) is 0 Å². The summed E-state index contributed by atoms with van der Waals surface area (Å²) in [4.78, 5) is 0. The maximum atomic E-state index is 15.3. The van der Waals surface area contributed by atoms with E-state index in [2.05, 4.69) is 164 Å². The van der Waals surface area contributed by atoms with Gasteiger partial charge < -0.3 is 0 Å². The van der Waals surface area contributed by atoms with Gasteiger partial charge in [-0.05, 0) is 178 Å². The van der Waals surface area contributed by atoms with E-state index in [1.54, 1.807) is 18.2 Å². The fourth-order valence-corrected chi connectivity index (χ4v) is 12.3. The minimum atomic E-state index is -0.248. The highest BCUT2D eigenvalue weighted by atomic mass is 19.1. The third-order valence-electron chi connectivity index (χ3n) is 14.8. The van der Waals surface area contributed by atoms with E-state index in [1.807, 2.05) is 18.2 Å². The molecular formula is C64H34F2. The quantitative estimate of drug-likeness (QED) is 0.122. The SMILES string of the molecule is Fc1ccc(-c2c3c(c(-c4ccccc4)c4ccccc24)-c2ccc4c5ccc6c7c(ccc(c8ccc-3c2c48)c75)-c2c-6c(-c3ccccc3)c3ccccc3c2-c2cccc(F)c2)cc1. The van der Waals surface area contributed by atoms with Gasteiger partial charge in [-0.1, -0.05) is 182 Å². The highest BCUT2D eigenvalue weighted by Gasteiger charge is 2.35. The van der Waals surface area contributed by atoms with Gasteiger partial charge in [0.15, 0.2) is 0 Å². The Morgan fingerprint density at radius 2 is 0.530 bits per heavy atom. The number of fused-ring (bicyclic) bond motifs is 10. The average molecular weight is 841 g/mol. The van der Waals surface area contributed by atoms with Gasteiger partial charge in [-0.25, -0.2) is 8.78 Å². The van der Waals surface area contributed by atoms with Crippen molar-refractivity contribution in [3.05, 3.63) is 218 Å². The van der Waals surface area contributed by atoms with Gasteiger partial charge in [-0.3, -0.25) is 0 Å². The molecule has 0 spiro atoms. The Labute approximate surface area is 378 Å². The van der Waals surface area contributed by atoms with Gasteiger partial charge in [0, 0.05) is 0 Å². The van der Waals surface area contributed by atoms with Crippen LogP contribution in [0.2, 0.25) is 0 Å². The van der Waals surface area contributed by atoms with Gasteiger partial charge in [0.2, 0.25) is 0 Å². The summed E-state index contributed by atoms with van der Waals surface area (Å²) in [6, 6.07) is 71.8. The van der Waals surface area contributed by atoms with E-state index in [-0.39, 0.29) is 11.6 Å². The first-order valence-corrected chi connectivity index (χ1v) is 22.6. The number of rotatable bonds is 4. The molecule has 2 aliphatic rings. The van der Waals surface area contributed by atoms with Crippen LogP contribution >= 0.6 is 0 Å². The third kappa shape index (κ3) is 4.60. The van der Waals surface area contributed by atoms with E-state index >= 15 is 4.39 Å². The van der Waals surface area contributed by atoms with Crippen LogP contribution in [0.25, 0.3) is 154 Å². The van der Waals surface area contributed by atoms with Crippen LogP contribution in [0.3, 0.4) is 0 Å². The topological polar surface area (TPSA) is 0 Å². The zero-order valence-corrected chi connectivity index (χ0v) is 35.4. The molecule has 15 rings (SSSR count). The molecule has 0 aromatic heterocycles. The second-order valence-electron chi connectivity index (χ2n) is 18.0. The normalized spacial score (nSPS) is 12.4. The average Bonchev–Trinajstić information content (AvgIpc) is 3.88. The molecular weight excluding hydrogens is 807 g/mol. The van der Waals surface area contributed by atoms with Gasteiger partial charge >= 0.3 is 0 Å². The standard InChI is InChI=1S/C64H34F2/c65-39-24-22-37(23-25-39)55-42-19-8-7-18-41(42)53(35-12-3-1-4-13-35)61-49-30-26-45-47-27-31-50-60-52(33-29-48(58(47)60)46-28-32-51(63(55)61)59(49)57(45)46)64-56(38-16-11-17-40(66)34-38)44-21-10-9-20-43(44)54(62(50)64)36-14-5-2-6-15-36/h1-34H. The summed E-state index contributed by atoms with van der Waals surface area (Å²) in [6.45, 7) is 0. The van der Waals surface area contributed by atoms with E-state index in [9.17, 15) is 4.39 Å². The minimum absolute atomic E-state index is 0.247. The molecule has 0 aliphatic heterocycles. The van der Waals surface area contributed by atoms with Crippen molar-refractivity contribution in [2.45, 2.75) is 0 Å². The summed E-state index contributed by atoms with van der Waals surface area (Å²) in [5.74, 6) is -0.495. The molecule has 0 saturated heterocycles. The van der Waals surface area contributed by atoms with Crippen LogP contribution in [0.4, 0.5) is 8.78 Å². The monoisotopic (exact) mass is 840 g/mol. The lowest BCUT2D eigenvalue weighted by Crippen LogP contribution is -1.93. The Morgan fingerprint density at radius 1 is 0.197 bits per heavy atom. The summed E-state index contributed by atoms with van der Waals surface area (Å²) in [5.41, 5.74) is 18.3. The van der Waals surface area contributed by atoms with Crippen LogP contribution in [0.5, 0.6) is 0 Å². The molecule has 2 heteroatoms. The molecule has 13 aromatic rings. The van der Waals surface area contributed by atoms with Crippen LogP contribution in [-0.2, 0) is 0 Å². The van der Waals surface area contributed by atoms with Crippen molar-refractivity contribution in [3.8, 4) is 89.0 Å². The molecule has 0 saturated carbocycles. The molecule has 2 aliphatic carbocycles. The number of hydrogen-bond acceptors (Lipinski definition) is 0. The van der Waals surface area contributed by atoms with Crippen molar-refractivity contribution in [3.63, 3.8) is 0 Å². The van der Waals surface area contributed by atoms with Crippen LogP contribution in [0, 0.1) is 11.6 Å². The molecule has 0 nitrogen and oxygen atoms in total. The fourth-order valence-electron chi connectivity index (χ4n) is 12.3. The lowest BCUT2D eigenvalue weighted by molar-refractivity contribution is 0.628. The van der Waals surface area contributed by atoms with Gasteiger partial charge in [-0.2, -0.15) is 0 Å². The molecule has 0 amide bonds. The van der Waals surface area contributed by atoms with E-state index in [0.717, 1.165) is 49.5 Å². The van der Waals surface area contributed by atoms with Crippen molar-refractivity contribution in [2.24, 2.45) is 0 Å². The molecule has 0 fully saturated rings. The molecule has 0 N–H and O–H groups in total. The molecule has 66 heavy (non-hydrogen) atoms. The molecule has 13 aromatic carbocycles. The lowest BCUT2D eigenvalue weighted by atomic mass is 9.82. The highest BCUT2D eigenvalue weighted by Crippen LogP contribution is 2.62. The van der Waals surface area contributed by atoms with Crippen LogP contribution in [0.1, 0.15) is 0 Å². The van der Waals surface area contributed by atoms with Gasteiger partial charge in [0.25, 0.3) is 0 Å². The van der Waals surface area contributed by atoms with E-state index in [0.29, 0.717) is 0 Å². The second kappa shape index (κ2) is 13.1. The van der Waals surface area contributed by atoms with Crippen LogP contribution in [0.15, 0.2) is 206 Å². The van der Waals surface area contributed by atoms with Crippen LogP contribution < -0.4 is 0 Å². The third-order valence-corrected chi connectivity index (χ3v) is 14.8. The second-order valence-corrected chi connectivity index (χ2v) is 18.0. The Balaban J connectivity index is 1.08. The van der Waals surface area contributed by atoms with E-state index < -0.39 is 0 Å². The highest BCUT2D eigenvalue weighted by molar-refractivity contribution is 6.42. The Kier molecular flexibility index (Phi) is 7.11. The van der Waals surface area contributed by atoms with Crippen molar-refractivity contribution in [1.82, 2.24) is 0 Å². The smallest absolute Gasteiger partial charge is 0.123 e. The van der Waals surface area contributed by atoms with Gasteiger partial charge in [-0.15, -0.1) is 0 Å². The predicted octanol–water partition coefficient (Wildman–Crippen LogP) is 18.3. The fraction of sp³-hybridized carbons (Fsp3) is 0. The van der Waals surface area contributed by atoms with Crippen molar-refractivity contribution >= 4 is 64.6 Å². The Hall–Kier alpha value is -8.46. The van der Waals surface area contributed by atoms with Crippen molar-refractivity contribution in [2.75, 3.05) is 0 Å². The maximum absolute atomic E-state index is 15.3. The summed E-state index contributed by atoms with van der Waals surface area (Å²) < 4.78 is 29.9. The van der Waals surface area contributed by atoms with Gasteiger partial charge in [0.1, 0.15) is 11.6 Å². The summed E-state index contributed by atoms with van der Waals surface area (Å²) in [5, 5.41) is 14.5. The zero-order valence-electron chi connectivity index (χ0n) is 35.4. The lowest BCUT2D eigenvalue weighted by Gasteiger charge is -2.20. The first kappa shape index (κ1) is 35.9. The Morgan fingerprint density at radius 3 is 0.909 bits per heavy atom. The first-order chi connectivity index (χ1) is 32.6. The van der Waals surface area contributed by atoms with Gasteiger partial charge in [0.05, 0.1) is 0 Å². The zero-order chi connectivity index (χ0) is 43.4. The van der Waals surface area contributed by atoms with E-state index in [4.69, 9.17) is 0 Å². The van der Waals surface area contributed by atoms with E-state index in [1.165, 1.54) is 110 Å². The summed E-state index contributed by atoms with van der Waals surface area (Å²) in [7, 11) is 0. The number of hydrogen-bond donors (Lipinski definition) is 0. The minimum Gasteiger partial charge on any atom is -0.207 e. The van der Waals surface area contributed by atoms with Crippen LogP contribution in [-0.4, -0.2) is 0 Å². The molecule has 304 valence electrons. The number of benzene rings is 13. The first-order valence-electron chi connectivity index (χ1n) is 22.6. The summed E-state index contributed by atoms with van der Waals surface area (Å²) in [6.07, 6.45) is 0. The number of halogens is 2. The predicted molar refractivity (Wildman–Crippen MR) is 273 cm³/mol. The summed E-state index contributed by atoms with van der Waals surface area (Å²) >= 11 is 0. The molecule has 0 heterocycles. The maximum Gasteiger partial charge on any atom is 0.123 e. The Bertz CT molecular complexity index is 4240. The van der Waals surface area contributed by atoms with Crippen molar-refractivity contribution < 1.29 is 8.78 Å². The molecule has 0 atom stereocenters. The molecule has 0 radical (unpaired) electrons. The molecule has 0 bridgehead atoms. The largest absolute Gasteiger partial charge is 0.207 e.